The Morgan fingerprint density at radius 3 is 1.94 bits per heavy atom. The summed E-state index contributed by atoms with van der Waals surface area (Å²) >= 11 is 0. The summed E-state index contributed by atoms with van der Waals surface area (Å²) in [6.45, 7) is 0. The smallest absolute Gasteiger partial charge is 0.0561 e. The van der Waals surface area contributed by atoms with E-state index in [1.54, 1.807) is 11.1 Å². The number of rotatable bonds is 4. The monoisotopic (exact) mass is 618 g/mol. The zero-order valence-corrected chi connectivity index (χ0v) is 27.1. The van der Waals surface area contributed by atoms with E-state index in [1.807, 2.05) is 0 Å². The van der Waals surface area contributed by atoms with Crippen LogP contribution >= 0.6 is 0 Å². The van der Waals surface area contributed by atoms with Gasteiger partial charge in [0, 0.05) is 33.2 Å². The van der Waals surface area contributed by atoms with Crippen LogP contribution in [-0.2, 0) is 5.41 Å². The highest BCUT2D eigenvalue weighted by atomic mass is 15.1. The van der Waals surface area contributed by atoms with E-state index in [0.29, 0.717) is 11.8 Å². The number of nitrogens with zero attached hydrogens (tertiary/aromatic N) is 2. The Morgan fingerprint density at radius 1 is 0.500 bits per heavy atom. The Hall–Kier alpha value is -5.08. The Kier molecular flexibility index (Phi) is 5.59. The number of fused-ring (bicyclic) bond motifs is 6. The third-order valence-corrected chi connectivity index (χ3v) is 12.7. The van der Waals surface area contributed by atoms with Crippen LogP contribution in [0.4, 0.5) is 17.1 Å². The van der Waals surface area contributed by atoms with Crippen molar-refractivity contribution in [3.05, 3.63) is 157 Å². The van der Waals surface area contributed by atoms with Crippen molar-refractivity contribution in [2.24, 2.45) is 23.7 Å². The normalized spacial score (nSPS) is 24.8. The molecule has 7 aromatic rings. The Balaban J connectivity index is 1.20. The molecule has 2 nitrogen and oxygen atoms in total. The molecule has 0 unspecified atom stereocenters. The van der Waals surface area contributed by atoms with Crippen molar-refractivity contribution in [3.8, 4) is 16.8 Å². The maximum atomic E-state index is 2.59. The Bertz CT molecular complexity index is 2340. The number of aromatic nitrogens is 1. The van der Waals surface area contributed by atoms with Crippen LogP contribution in [0.5, 0.6) is 0 Å². The van der Waals surface area contributed by atoms with E-state index >= 15 is 0 Å². The summed E-state index contributed by atoms with van der Waals surface area (Å²) < 4.78 is 2.45. The maximum Gasteiger partial charge on any atom is 0.0561 e. The van der Waals surface area contributed by atoms with Crippen LogP contribution in [0, 0.1) is 23.7 Å². The molecule has 1 aromatic heterocycles. The molecular formula is C46H38N2. The lowest BCUT2D eigenvalue weighted by molar-refractivity contribution is -0.0397. The summed E-state index contributed by atoms with van der Waals surface area (Å²) in [6.07, 6.45) is 6.98. The predicted molar refractivity (Wildman–Crippen MR) is 199 cm³/mol. The van der Waals surface area contributed by atoms with E-state index < -0.39 is 0 Å². The molecule has 48 heavy (non-hydrogen) atoms. The van der Waals surface area contributed by atoms with Crippen LogP contribution in [0.25, 0.3) is 38.6 Å². The lowest BCUT2D eigenvalue weighted by Gasteiger charge is -2.61. The highest BCUT2D eigenvalue weighted by Crippen LogP contribution is 2.71. The van der Waals surface area contributed by atoms with Crippen LogP contribution < -0.4 is 4.90 Å². The van der Waals surface area contributed by atoms with Crippen molar-refractivity contribution < 1.29 is 0 Å². The molecule has 0 atom stereocenters. The lowest BCUT2D eigenvalue weighted by atomic mass is 9.43. The van der Waals surface area contributed by atoms with Gasteiger partial charge in [-0.05, 0) is 127 Å². The molecule has 0 amide bonds. The second-order valence-electron chi connectivity index (χ2n) is 15.0. The van der Waals surface area contributed by atoms with Crippen LogP contribution in [0.3, 0.4) is 0 Å². The van der Waals surface area contributed by atoms with E-state index in [-0.39, 0.29) is 5.41 Å². The summed E-state index contributed by atoms with van der Waals surface area (Å²) in [5.74, 6) is 3.24. The molecule has 4 saturated carbocycles. The molecule has 2 heteroatoms. The van der Waals surface area contributed by atoms with Gasteiger partial charge in [-0.1, -0.05) is 97.1 Å². The summed E-state index contributed by atoms with van der Waals surface area (Å²) in [6, 6.07) is 54.6. The summed E-state index contributed by atoms with van der Waals surface area (Å²) in [7, 11) is 0. The van der Waals surface area contributed by atoms with Crippen molar-refractivity contribution in [3.63, 3.8) is 0 Å². The SMILES string of the molecule is c1ccc(N(c2ccc3c4ccccc4n(-c4ccccc4)c3c2)c2cccc3c2C2(c4ccccc4-3)C3CC4CC(C3)CC2C4)cc1. The zero-order chi connectivity index (χ0) is 31.4. The third-order valence-electron chi connectivity index (χ3n) is 12.7. The zero-order valence-electron chi connectivity index (χ0n) is 27.1. The minimum Gasteiger partial charge on any atom is -0.310 e. The van der Waals surface area contributed by atoms with Gasteiger partial charge in [-0.2, -0.15) is 0 Å². The van der Waals surface area contributed by atoms with Gasteiger partial charge in [0.15, 0.2) is 0 Å². The molecule has 4 bridgehead atoms. The number of benzene rings is 6. The topological polar surface area (TPSA) is 8.17 Å². The van der Waals surface area contributed by atoms with Gasteiger partial charge in [-0.15, -0.1) is 0 Å². The predicted octanol–water partition coefficient (Wildman–Crippen LogP) is 12.0. The van der Waals surface area contributed by atoms with Gasteiger partial charge in [0.25, 0.3) is 0 Å². The average Bonchev–Trinajstić information content (AvgIpc) is 3.62. The first-order valence-corrected chi connectivity index (χ1v) is 18.0. The van der Waals surface area contributed by atoms with E-state index in [2.05, 4.69) is 155 Å². The van der Waals surface area contributed by atoms with Crippen LogP contribution in [-0.4, -0.2) is 4.57 Å². The number of para-hydroxylation sites is 3. The number of hydrogen-bond acceptors (Lipinski definition) is 1. The molecule has 0 saturated heterocycles. The van der Waals surface area contributed by atoms with E-state index in [1.165, 1.54) is 87.8 Å². The van der Waals surface area contributed by atoms with Crippen molar-refractivity contribution >= 4 is 38.9 Å². The van der Waals surface area contributed by atoms with Gasteiger partial charge in [-0.25, -0.2) is 0 Å². The van der Waals surface area contributed by atoms with E-state index in [0.717, 1.165) is 11.8 Å². The van der Waals surface area contributed by atoms with Crippen molar-refractivity contribution in [2.45, 2.75) is 37.5 Å². The molecule has 12 rings (SSSR count). The first-order chi connectivity index (χ1) is 23.8. The fourth-order valence-corrected chi connectivity index (χ4v) is 11.3. The summed E-state index contributed by atoms with van der Waals surface area (Å²) in [4.78, 5) is 2.59. The minimum atomic E-state index is 0.0754. The molecule has 232 valence electrons. The maximum absolute atomic E-state index is 2.59. The Labute approximate surface area is 282 Å². The minimum absolute atomic E-state index is 0.0754. The van der Waals surface area contributed by atoms with Crippen LogP contribution in [0.2, 0.25) is 0 Å². The van der Waals surface area contributed by atoms with Gasteiger partial charge in [0.2, 0.25) is 0 Å². The average molecular weight is 619 g/mol. The molecule has 0 N–H and O–H groups in total. The third kappa shape index (κ3) is 3.53. The van der Waals surface area contributed by atoms with Gasteiger partial charge in [-0.3, -0.25) is 0 Å². The van der Waals surface area contributed by atoms with Gasteiger partial charge in [0.05, 0.1) is 16.7 Å². The van der Waals surface area contributed by atoms with Gasteiger partial charge < -0.3 is 9.47 Å². The van der Waals surface area contributed by atoms with Crippen LogP contribution in [0.1, 0.15) is 43.2 Å². The standard InChI is InChI=1S/C46H38N2/c1-3-12-34(13-4-1)47(36-22-23-39-38-17-8-10-20-42(38)48(44(39)29-36)35-14-5-2-6-15-35)43-21-11-18-40-37-16-7-9-19-41(37)46(45(40)43)32-25-30-24-31(27-32)28-33(46)26-30/h1-23,29-33H,24-28H2. The van der Waals surface area contributed by atoms with E-state index in [9.17, 15) is 0 Å². The first kappa shape index (κ1) is 26.9. The molecule has 1 spiro atoms. The fraction of sp³-hybridized carbons (Fsp3) is 0.217. The van der Waals surface area contributed by atoms with Crippen molar-refractivity contribution in [1.82, 2.24) is 4.57 Å². The highest BCUT2D eigenvalue weighted by molar-refractivity contribution is 6.10. The quantitative estimate of drug-likeness (QED) is 0.190. The van der Waals surface area contributed by atoms with Gasteiger partial charge in [0.1, 0.15) is 0 Å². The first-order valence-electron chi connectivity index (χ1n) is 18.0. The fourth-order valence-electron chi connectivity index (χ4n) is 11.3. The van der Waals surface area contributed by atoms with Crippen LogP contribution in [0.15, 0.2) is 146 Å². The Morgan fingerprint density at radius 2 is 1.15 bits per heavy atom. The lowest BCUT2D eigenvalue weighted by Crippen LogP contribution is -2.55. The number of hydrogen-bond donors (Lipinski definition) is 0. The molecule has 0 aliphatic heterocycles. The molecule has 4 fully saturated rings. The second kappa shape index (κ2) is 9.97. The highest BCUT2D eigenvalue weighted by Gasteiger charge is 2.62. The van der Waals surface area contributed by atoms with Gasteiger partial charge >= 0.3 is 0 Å². The van der Waals surface area contributed by atoms with Crippen molar-refractivity contribution in [1.29, 1.82) is 0 Å². The molecule has 0 radical (unpaired) electrons. The molecular weight excluding hydrogens is 581 g/mol. The molecule has 5 aliphatic rings. The summed E-state index contributed by atoms with van der Waals surface area (Å²) in [5.41, 5.74) is 13.6. The number of anilines is 3. The van der Waals surface area contributed by atoms with E-state index in [4.69, 9.17) is 0 Å². The van der Waals surface area contributed by atoms with Crippen molar-refractivity contribution in [2.75, 3.05) is 4.90 Å². The molecule has 5 aliphatic carbocycles. The second-order valence-corrected chi connectivity index (χ2v) is 15.0. The molecule has 6 aromatic carbocycles. The molecule has 1 heterocycles. The summed E-state index contributed by atoms with van der Waals surface area (Å²) in [5, 5.41) is 2.58. The largest absolute Gasteiger partial charge is 0.310 e.